The molecule has 2 atom stereocenters. The fraction of sp³-hybridized carbons (Fsp3) is 0.280. The molecule has 1 aliphatic heterocycles. The number of aryl methyl sites for hydroxylation is 1. The third kappa shape index (κ3) is 4.24. The summed E-state index contributed by atoms with van der Waals surface area (Å²) in [5, 5.41) is 13.2. The monoisotopic (exact) mass is 446 g/mol. The summed E-state index contributed by atoms with van der Waals surface area (Å²) >= 11 is 0. The van der Waals surface area contributed by atoms with E-state index < -0.39 is 11.6 Å². The molecule has 0 fully saturated rings. The lowest BCUT2D eigenvalue weighted by Crippen LogP contribution is -2.35. The van der Waals surface area contributed by atoms with Gasteiger partial charge in [-0.25, -0.2) is 14.4 Å². The van der Waals surface area contributed by atoms with Crippen molar-refractivity contribution in [3.8, 4) is 11.4 Å². The minimum absolute atomic E-state index is 0.0176. The van der Waals surface area contributed by atoms with Crippen LogP contribution in [-0.2, 0) is 9.53 Å². The zero-order chi connectivity index (χ0) is 23.7. The number of hydrogen-bond donors (Lipinski definition) is 2. The van der Waals surface area contributed by atoms with Crippen LogP contribution in [0.3, 0.4) is 0 Å². The molecular formula is C25H26N4O4. The number of nitrogens with one attached hydrogen (secondary N) is 1. The van der Waals surface area contributed by atoms with Crippen molar-refractivity contribution in [1.29, 1.82) is 0 Å². The highest BCUT2D eigenvalue weighted by Gasteiger charge is 2.38. The molecule has 1 aliphatic rings. The van der Waals surface area contributed by atoms with Gasteiger partial charge in [0.25, 0.3) is 0 Å². The van der Waals surface area contributed by atoms with Crippen LogP contribution in [0.25, 0.3) is 5.69 Å². The lowest BCUT2D eigenvalue weighted by Gasteiger charge is -2.30. The summed E-state index contributed by atoms with van der Waals surface area (Å²) in [6, 6.07) is 14.0. The Morgan fingerprint density at radius 1 is 1.18 bits per heavy atom. The van der Waals surface area contributed by atoms with Crippen LogP contribution in [0.15, 0.2) is 58.3 Å². The van der Waals surface area contributed by atoms with Gasteiger partial charge in [0.05, 0.1) is 12.3 Å². The number of aromatic hydroxyl groups is 1. The van der Waals surface area contributed by atoms with Gasteiger partial charge in [-0.2, -0.15) is 4.98 Å². The van der Waals surface area contributed by atoms with E-state index in [9.17, 15) is 14.7 Å². The van der Waals surface area contributed by atoms with Gasteiger partial charge in [0.15, 0.2) is 0 Å². The molecule has 2 heterocycles. The third-order valence-corrected chi connectivity index (χ3v) is 5.74. The molecule has 4 rings (SSSR count). The lowest BCUT2D eigenvalue weighted by molar-refractivity contribution is -0.146. The maximum atomic E-state index is 13.2. The fourth-order valence-electron chi connectivity index (χ4n) is 4.16. The van der Waals surface area contributed by atoms with E-state index in [1.165, 1.54) is 16.7 Å². The van der Waals surface area contributed by atoms with Crippen LogP contribution in [0.5, 0.6) is 5.75 Å². The molecule has 0 saturated carbocycles. The highest BCUT2D eigenvalue weighted by Crippen LogP contribution is 2.42. The molecule has 0 saturated heterocycles. The molecule has 8 heteroatoms. The van der Waals surface area contributed by atoms with Crippen molar-refractivity contribution >= 4 is 29.0 Å². The minimum atomic E-state index is -0.604. The number of rotatable bonds is 5. The first kappa shape index (κ1) is 22.3. The summed E-state index contributed by atoms with van der Waals surface area (Å²) in [4.78, 5) is 34.9. The highest BCUT2D eigenvalue weighted by atomic mass is 16.5. The molecule has 2 aromatic carbocycles. The Balaban J connectivity index is 1.95. The van der Waals surface area contributed by atoms with Gasteiger partial charge in [-0.1, -0.05) is 30.7 Å². The second kappa shape index (κ2) is 8.90. The fourth-order valence-corrected chi connectivity index (χ4v) is 4.16. The standard InChI is InChI=1S/C25H26N4O4/c1-5-33-24(31)20-15(3)21-22(27-17-11-9-14(2)10-12-17)28-25(32)29(23(21)26-16(20)4)18-7-6-8-19(30)13-18/h6-13,15,20,30H,5H2,1-4H3,(H,27,28,32). The normalized spacial score (nSPS) is 17.2. The van der Waals surface area contributed by atoms with Gasteiger partial charge in [-0.15, -0.1) is 0 Å². The molecular weight excluding hydrogens is 420 g/mol. The van der Waals surface area contributed by atoms with E-state index in [0.29, 0.717) is 28.6 Å². The SMILES string of the molecule is CCOC(=O)C1C(C)=Nc2c(c(Nc3ccc(C)cc3)nc(=O)n2-c2cccc(O)c2)C1C. The predicted octanol–water partition coefficient (Wildman–Crippen LogP) is 4.38. The van der Waals surface area contributed by atoms with Crippen molar-refractivity contribution < 1.29 is 14.6 Å². The minimum Gasteiger partial charge on any atom is -0.508 e. The first-order chi connectivity index (χ1) is 15.8. The Hall–Kier alpha value is -3.94. The van der Waals surface area contributed by atoms with Crippen LogP contribution in [0.4, 0.5) is 17.3 Å². The Kier molecular flexibility index (Phi) is 6.00. The largest absolute Gasteiger partial charge is 0.508 e. The molecule has 0 amide bonds. The number of esters is 1. The molecule has 2 unspecified atom stereocenters. The number of carbonyl (C=O) groups excluding carboxylic acids is 1. The number of anilines is 2. The van der Waals surface area contributed by atoms with E-state index in [4.69, 9.17) is 4.74 Å². The summed E-state index contributed by atoms with van der Waals surface area (Å²) < 4.78 is 6.66. The average molecular weight is 447 g/mol. The number of aliphatic imine (C=N–C) groups is 1. The van der Waals surface area contributed by atoms with Gasteiger partial charge < -0.3 is 15.2 Å². The van der Waals surface area contributed by atoms with Crippen molar-refractivity contribution in [3.63, 3.8) is 0 Å². The molecule has 1 aromatic heterocycles. The summed E-state index contributed by atoms with van der Waals surface area (Å²) in [6.45, 7) is 7.67. The van der Waals surface area contributed by atoms with Crippen LogP contribution < -0.4 is 11.0 Å². The molecule has 33 heavy (non-hydrogen) atoms. The predicted molar refractivity (Wildman–Crippen MR) is 127 cm³/mol. The average Bonchev–Trinajstić information content (AvgIpc) is 2.75. The number of phenols is 1. The van der Waals surface area contributed by atoms with E-state index in [-0.39, 0.29) is 24.2 Å². The third-order valence-electron chi connectivity index (χ3n) is 5.74. The molecule has 0 aliphatic carbocycles. The van der Waals surface area contributed by atoms with E-state index in [2.05, 4.69) is 15.3 Å². The highest BCUT2D eigenvalue weighted by molar-refractivity contribution is 6.04. The number of hydrogen-bond acceptors (Lipinski definition) is 7. The quantitative estimate of drug-likeness (QED) is 0.564. The van der Waals surface area contributed by atoms with E-state index >= 15 is 0 Å². The van der Waals surface area contributed by atoms with Crippen molar-refractivity contribution in [2.75, 3.05) is 11.9 Å². The van der Waals surface area contributed by atoms with Crippen LogP contribution >= 0.6 is 0 Å². The topological polar surface area (TPSA) is 106 Å². The first-order valence-corrected chi connectivity index (χ1v) is 10.8. The maximum absolute atomic E-state index is 13.2. The molecule has 0 spiro atoms. The van der Waals surface area contributed by atoms with Crippen molar-refractivity contribution in [2.45, 2.75) is 33.6 Å². The maximum Gasteiger partial charge on any atom is 0.355 e. The summed E-state index contributed by atoms with van der Waals surface area (Å²) in [6.07, 6.45) is 0. The lowest BCUT2D eigenvalue weighted by atomic mass is 9.82. The first-order valence-electron chi connectivity index (χ1n) is 10.8. The smallest absolute Gasteiger partial charge is 0.355 e. The summed E-state index contributed by atoms with van der Waals surface area (Å²) in [5.41, 5.74) is 2.93. The van der Waals surface area contributed by atoms with E-state index in [0.717, 1.165) is 11.3 Å². The zero-order valence-corrected chi connectivity index (χ0v) is 19.0. The van der Waals surface area contributed by atoms with Gasteiger partial charge in [0.2, 0.25) is 0 Å². The van der Waals surface area contributed by atoms with Gasteiger partial charge >= 0.3 is 11.7 Å². The number of fused-ring (bicyclic) bond motifs is 1. The number of ether oxygens (including phenoxy) is 1. The Morgan fingerprint density at radius 3 is 2.58 bits per heavy atom. The molecule has 8 nitrogen and oxygen atoms in total. The molecule has 0 bridgehead atoms. The zero-order valence-electron chi connectivity index (χ0n) is 19.0. The van der Waals surface area contributed by atoms with Gasteiger partial charge in [-0.3, -0.25) is 4.79 Å². The molecule has 3 aromatic rings. The number of aromatic nitrogens is 2. The Morgan fingerprint density at radius 2 is 1.91 bits per heavy atom. The van der Waals surface area contributed by atoms with Crippen LogP contribution in [-0.4, -0.2) is 32.9 Å². The van der Waals surface area contributed by atoms with E-state index in [1.54, 1.807) is 26.0 Å². The van der Waals surface area contributed by atoms with Gasteiger partial charge in [0, 0.05) is 28.9 Å². The second-order valence-electron chi connectivity index (χ2n) is 8.10. The summed E-state index contributed by atoms with van der Waals surface area (Å²) in [5.74, 6) is -0.597. The number of carbonyl (C=O) groups is 1. The van der Waals surface area contributed by atoms with E-state index in [1.807, 2.05) is 38.1 Å². The van der Waals surface area contributed by atoms with Crippen LogP contribution in [0, 0.1) is 12.8 Å². The number of nitrogens with zero attached hydrogens (tertiary/aromatic N) is 3. The van der Waals surface area contributed by atoms with Crippen molar-refractivity contribution in [1.82, 2.24) is 9.55 Å². The Bertz CT molecular complexity index is 1290. The molecule has 0 radical (unpaired) electrons. The number of phenolic OH excluding ortho intramolecular Hbond substituents is 1. The molecule has 2 N–H and O–H groups in total. The van der Waals surface area contributed by atoms with Crippen LogP contribution in [0.1, 0.15) is 37.8 Å². The summed E-state index contributed by atoms with van der Waals surface area (Å²) in [7, 11) is 0. The van der Waals surface area contributed by atoms with Crippen molar-refractivity contribution in [2.24, 2.45) is 10.9 Å². The molecule has 170 valence electrons. The van der Waals surface area contributed by atoms with Crippen LogP contribution in [0.2, 0.25) is 0 Å². The second-order valence-corrected chi connectivity index (χ2v) is 8.10. The van der Waals surface area contributed by atoms with Gasteiger partial charge in [-0.05, 0) is 45.0 Å². The van der Waals surface area contributed by atoms with Crippen molar-refractivity contribution in [3.05, 3.63) is 70.1 Å². The number of benzene rings is 2. The Labute approximate surface area is 191 Å². The van der Waals surface area contributed by atoms with Gasteiger partial charge in [0.1, 0.15) is 23.3 Å².